The molecule has 0 aliphatic rings. The Bertz CT molecular complexity index is 288. The van der Waals surface area contributed by atoms with E-state index >= 15 is 0 Å². The third kappa shape index (κ3) is 3.73. The molecule has 0 saturated heterocycles. The van der Waals surface area contributed by atoms with Crippen LogP contribution in [0.15, 0.2) is 30.3 Å². The molecule has 1 aromatic carbocycles. The molecule has 0 amide bonds. The van der Waals surface area contributed by atoms with E-state index in [0.29, 0.717) is 6.61 Å². The summed E-state index contributed by atoms with van der Waals surface area (Å²) >= 11 is 0. The molecule has 0 fully saturated rings. The fourth-order valence-electron chi connectivity index (χ4n) is 1.10. The highest BCUT2D eigenvalue weighted by molar-refractivity contribution is 5.49. The molecule has 1 N–H and O–H groups in total. The Hall–Kier alpha value is -1.12. The smallest absolute Gasteiger partial charge is 0.174 e. The van der Waals surface area contributed by atoms with E-state index < -0.39 is 6.29 Å². The summed E-state index contributed by atoms with van der Waals surface area (Å²) in [7, 11) is 0. The van der Waals surface area contributed by atoms with Crippen molar-refractivity contribution in [3.05, 3.63) is 41.5 Å². The van der Waals surface area contributed by atoms with Gasteiger partial charge in [0.1, 0.15) is 0 Å². The molecule has 0 spiro atoms. The zero-order valence-electron chi connectivity index (χ0n) is 8.60. The van der Waals surface area contributed by atoms with E-state index in [0.717, 1.165) is 5.56 Å². The van der Waals surface area contributed by atoms with E-state index in [9.17, 15) is 5.11 Å². The van der Waals surface area contributed by atoms with Crippen LogP contribution in [0, 0.1) is 6.92 Å². The van der Waals surface area contributed by atoms with E-state index in [1.807, 2.05) is 44.2 Å². The monoisotopic (exact) mass is 192 g/mol. The van der Waals surface area contributed by atoms with Crippen LogP contribution in [-0.2, 0) is 4.74 Å². The lowest BCUT2D eigenvalue weighted by Crippen LogP contribution is -2.06. The predicted octanol–water partition coefficient (Wildman–Crippen LogP) is 2.36. The maximum absolute atomic E-state index is 9.26. The van der Waals surface area contributed by atoms with Crippen molar-refractivity contribution in [1.82, 2.24) is 0 Å². The van der Waals surface area contributed by atoms with Crippen LogP contribution in [0.3, 0.4) is 0 Å². The highest BCUT2D eigenvalue weighted by atomic mass is 16.6. The van der Waals surface area contributed by atoms with Gasteiger partial charge < -0.3 is 9.84 Å². The third-order valence-electron chi connectivity index (χ3n) is 1.87. The molecule has 76 valence electrons. The number of aryl methyl sites for hydroxylation is 1. The SMILES string of the molecule is CCOC(O)/C=C/c1ccc(C)cc1. The number of aliphatic hydroxyl groups excluding tert-OH is 1. The maximum atomic E-state index is 9.26. The molecular formula is C12H16O2. The summed E-state index contributed by atoms with van der Waals surface area (Å²) in [5.41, 5.74) is 2.29. The molecule has 0 aromatic heterocycles. The molecule has 1 unspecified atom stereocenters. The second-order valence-electron chi connectivity index (χ2n) is 3.12. The van der Waals surface area contributed by atoms with Crippen molar-refractivity contribution in [3.8, 4) is 0 Å². The van der Waals surface area contributed by atoms with Gasteiger partial charge in [0.05, 0.1) is 0 Å². The fourth-order valence-corrected chi connectivity index (χ4v) is 1.10. The number of hydrogen-bond donors (Lipinski definition) is 1. The first-order valence-electron chi connectivity index (χ1n) is 4.77. The van der Waals surface area contributed by atoms with E-state index in [2.05, 4.69) is 0 Å². The minimum Gasteiger partial charge on any atom is -0.365 e. The average molecular weight is 192 g/mol. The standard InChI is InChI=1S/C12H16O2/c1-3-14-12(13)9-8-11-6-4-10(2)5-7-11/h4-9,12-13H,3H2,1-2H3/b9-8+. The zero-order valence-corrected chi connectivity index (χ0v) is 8.60. The van der Waals surface area contributed by atoms with Crippen LogP contribution >= 0.6 is 0 Å². The minimum atomic E-state index is -0.804. The molecule has 1 atom stereocenters. The zero-order chi connectivity index (χ0) is 10.4. The molecule has 0 aliphatic heterocycles. The van der Waals surface area contributed by atoms with E-state index in [-0.39, 0.29) is 0 Å². The van der Waals surface area contributed by atoms with Crippen LogP contribution in [0.4, 0.5) is 0 Å². The van der Waals surface area contributed by atoms with Crippen molar-refractivity contribution in [1.29, 1.82) is 0 Å². The molecule has 0 bridgehead atoms. The lowest BCUT2D eigenvalue weighted by Gasteiger charge is -2.03. The summed E-state index contributed by atoms with van der Waals surface area (Å²) in [4.78, 5) is 0. The molecule has 0 heterocycles. The van der Waals surface area contributed by atoms with Gasteiger partial charge >= 0.3 is 0 Å². The van der Waals surface area contributed by atoms with Gasteiger partial charge in [-0.05, 0) is 25.5 Å². The summed E-state index contributed by atoms with van der Waals surface area (Å²) < 4.78 is 4.96. The van der Waals surface area contributed by atoms with E-state index in [1.54, 1.807) is 6.08 Å². The highest BCUT2D eigenvalue weighted by Crippen LogP contribution is 2.05. The fraction of sp³-hybridized carbons (Fsp3) is 0.333. The first-order valence-corrected chi connectivity index (χ1v) is 4.77. The maximum Gasteiger partial charge on any atom is 0.174 e. The van der Waals surface area contributed by atoms with E-state index in [1.165, 1.54) is 5.56 Å². The molecular weight excluding hydrogens is 176 g/mol. The lowest BCUT2D eigenvalue weighted by molar-refractivity contribution is -0.0581. The van der Waals surface area contributed by atoms with Gasteiger partial charge in [-0.2, -0.15) is 0 Å². The van der Waals surface area contributed by atoms with Gasteiger partial charge in [-0.1, -0.05) is 35.9 Å². The van der Waals surface area contributed by atoms with Crippen molar-refractivity contribution in [2.45, 2.75) is 20.1 Å². The second kappa shape index (κ2) is 5.58. The topological polar surface area (TPSA) is 29.5 Å². The van der Waals surface area contributed by atoms with Crippen LogP contribution in [0.2, 0.25) is 0 Å². The lowest BCUT2D eigenvalue weighted by atomic mass is 10.1. The summed E-state index contributed by atoms with van der Waals surface area (Å²) in [6.45, 7) is 4.41. The largest absolute Gasteiger partial charge is 0.365 e. The Balaban J connectivity index is 2.55. The normalized spacial score (nSPS) is 13.4. The Morgan fingerprint density at radius 3 is 2.57 bits per heavy atom. The summed E-state index contributed by atoms with van der Waals surface area (Å²) in [5, 5.41) is 9.26. The first kappa shape index (κ1) is 11.0. The number of benzene rings is 1. The molecule has 14 heavy (non-hydrogen) atoms. The van der Waals surface area contributed by atoms with Crippen LogP contribution in [0.25, 0.3) is 6.08 Å². The molecule has 2 nitrogen and oxygen atoms in total. The van der Waals surface area contributed by atoms with Crippen molar-refractivity contribution in [3.63, 3.8) is 0 Å². The van der Waals surface area contributed by atoms with Gasteiger partial charge in [-0.15, -0.1) is 0 Å². The summed E-state index contributed by atoms with van der Waals surface area (Å²) in [5.74, 6) is 0. The van der Waals surface area contributed by atoms with Crippen molar-refractivity contribution in [2.75, 3.05) is 6.61 Å². The highest BCUT2D eigenvalue weighted by Gasteiger charge is 1.94. The van der Waals surface area contributed by atoms with Crippen molar-refractivity contribution < 1.29 is 9.84 Å². The third-order valence-corrected chi connectivity index (χ3v) is 1.87. The summed E-state index contributed by atoms with van der Waals surface area (Å²) in [6.07, 6.45) is 2.68. The predicted molar refractivity (Wildman–Crippen MR) is 57.8 cm³/mol. The van der Waals surface area contributed by atoms with Crippen molar-refractivity contribution in [2.24, 2.45) is 0 Å². The van der Waals surface area contributed by atoms with Gasteiger partial charge in [0.25, 0.3) is 0 Å². The molecule has 0 saturated carbocycles. The van der Waals surface area contributed by atoms with Crippen LogP contribution in [-0.4, -0.2) is 18.0 Å². The van der Waals surface area contributed by atoms with Gasteiger partial charge in [0.2, 0.25) is 0 Å². The Labute approximate surface area is 84.8 Å². The number of ether oxygens (including phenoxy) is 1. The number of hydrogen-bond acceptors (Lipinski definition) is 2. The van der Waals surface area contributed by atoms with Gasteiger partial charge in [0, 0.05) is 6.61 Å². The van der Waals surface area contributed by atoms with Crippen molar-refractivity contribution >= 4 is 6.08 Å². The average Bonchev–Trinajstić information content (AvgIpc) is 2.17. The molecule has 0 aliphatic carbocycles. The van der Waals surface area contributed by atoms with Crippen LogP contribution < -0.4 is 0 Å². The molecule has 0 radical (unpaired) electrons. The van der Waals surface area contributed by atoms with Crippen LogP contribution in [0.1, 0.15) is 18.1 Å². The molecule has 2 heteroatoms. The Morgan fingerprint density at radius 1 is 1.36 bits per heavy atom. The van der Waals surface area contributed by atoms with E-state index in [4.69, 9.17) is 4.74 Å². The van der Waals surface area contributed by atoms with Crippen LogP contribution in [0.5, 0.6) is 0 Å². The Kier molecular flexibility index (Phi) is 4.36. The van der Waals surface area contributed by atoms with Gasteiger partial charge in [-0.25, -0.2) is 0 Å². The molecule has 1 aromatic rings. The first-order chi connectivity index (χ1) is 6.72. The van der Waals surface area contributed by atoms with Gasteiger partial charge in [-0.3, -0.25) is 0 Å². The quantitative estimate of drug-likeness (QED) is 0.742. The minimum absolute atomic E-state index is 0.513. The number of aliphatic hydroxyl groups is 1. The second-order valence-corrected chi connectivity index (χ2v) is 3.12. The molecule has 1 rings (SSSR count). The Morgan fingerprint density at radius 2 is 2.00 bits per heavy atom. The van der Waals surface area contributed by atoms with Gasteiger partial charge in [0.15, 0.2) is 6.29 Å². The summed E-state index contributed by atoms with van der Waals surface area (Å²) in [6, 6.07) is 8.08. The number of rotatable bonds is 4.